The van der Waals surface area contributed by atoms with Gasteiger partial charge in [-0.3, -0.25) is 0 Å². The van der Waals surface area contributed by atoms with Crippen LogP contribution >= 0.6 is 11.8 Å². The maximum Gasteiger partial charge on any atom is 0.0633 e. The van der Waals surface area contributed by atoms with Gasteiger partial charge in [-0.2, -0.15) is 11.8 Å². The van der Waals surface area contributed by atoms with Gasteiger partial charge in [0.1, 0.15) is 0 Å². The lowest BCUT2D eigenvalue weighted by Crippen LogP contribution is -2.07. The van der Waals surface area contributed by atoms with Crippen molar-refractivity contribution in [3.63, 3.8) is 0 Å². The summed E-state index contributed by atoms with van der Waals surface area (Å²) in [5.74, 6) is 2.19. The molecule has 0 saturated carbocycles. The summed E-state index contributed by atoms with van der Waals surface area (Å²) in [5.41, 5.74) is 0. The van der Waals surface area contributed by atoms with Crippen molar-refractivity contribution in [1.29, 1.82) is 0 Å². The molecule has 0 bridgehead atoms. The van der Waals surface area contributed by atoms with Gasteiger partial charge in [-0.05, 0) is 13.8 Å². The van der Waals surface area contributed by atoms with E-state index in [1.807, 2.05) is 18.7 Å². The summed E-state index contributed by atoms with van der Waals surface area (Å²) in [6.45, 7) is 4.13. The molecule has 0 aromatic rings. The molecule has 60 valence electrons. The molecule has 0 aliphatic carbocycles. The van der Waals surface area contributed by atoms with Crippen molar-refractivity contribution in [1.82, 2.24) is 0 Å². The van der Waals surface area contributed by atoms with Gasteiger partial charge in [-0.25, -0.2) is 0 Å². The highest BCUT2D eigenvalue weighted by Gasteiger charge is 1.96. The normalized spacial score (nSPS) is 14.3. The van der Waals surface area contributed by atoms with Crippen molar-refractivity contribution >= 4 is 11.8 Å². The van der Waals surface area contributed by atoms with Crippen LogP contribution in [0, 0.1) is 0 Å². The monoisotopic (exact) mass is 160 g/mol. The first-order valence-electron chi connectivity index (χ1n) is 3.53. The molecule has 1 nitrogen and oxygen atoms in total. The fourth-order valence-corrected chi connectivity index (χ4v) is 1.40. The first-order valence-corrected chi connectivity index (χ1v) is 4.68. The Bertz CT molecular complexity index is 91.3. The lowest BCUT2D eigenvalue weighted by atomic mass is 10.5. The molecule has 0 amide bonds. The number of allylic oxidation sites excluding steroid dienone is 1. The van der Waals surface area contributed by atoms with E-state index in [9.17, 15) is 0 Å². The highest BCUT2D eigenvalue weighted by molar-refractivity contribution is 7.99. The molecule has 1 atom stereocenters. The summed E-state index contributed by atoms with van der Waals surface area (Å²) in [6, 6.07) is 0. The van der Waals surface area contributed by atoms with E-state index in [2.05, 4.69) is 19.1 Å². The van der Waals surface area contributed by atoms with E-state index in [4.69, 9.17) is 4.74 Å². The van der Waals surface area contributed by atoms with Gasteiger partial charge in [0.25, 0.3) is 0 Å². The third-order valence-corrected chi connectivity index (χ3v) is 2.34. The van der Waals surface area contributed by atoms with Gasteiger partial charge in [-0.1, -0.05) is 12.2 Å². The molecule has 0 radical (unpaired) electrons. The molecular weight excluding hydrogens is 144 g/mol. The van der Waals surface area contributed by atoms with Crippen molar-refractivity contribution in [3.05, 3.63) is 12.2 Å². The molecule has 0 N–H and O–H groups in total. The van der Waals surface area contributed by atoms with Crippen molar-refractivity contribution < 1.29 is 4.74 Å². The van der Waals surface area contributed by atoms with Crippen LogP contribution in [0.3, 0.4) is 0 Å². The standard InChI is InChI=1S/C8H16OS/c1-4-5-6-10-7-8(2)9-3/h4-5,8H,6-7H2,1-3H3/b5-4+. The largest absolute Gasteiger partial charge is 0.381 e. The summed E-state index contributed by atoms with van der Waals surface area (Å²) in [5, 5.41) is 0. The zero-order chi connectivity index (χ0) is 7.82. The summed E-state index contributed by atoms with van der Waals surface area (Å²) >= 11 is 1.90. The maximum absolute atomic E-state index is 5.09. The van der Waals surface area contributed by atoms with Gasteiger partial charge in [0.05, 0.1) is 6.10 Å². The van der Waals surface area contributed by atoms with Crippen LogP contribution in [0.4, 0.5) is 0 Å². The summed E-state index contributed by atoms with van der Waals surface area (Å²) in [4.78, 5) is 0. The third kappa shape index (κ3) is 6.17. The van der Waals surface area contributed by atoms with Crippen LogP contribution in [0.1, 0.15) is 13.8 Å². The second kappa shape index (κ2) is 7.16. The van der Waals surface area contributed by atoms with Crippen molar-refractivity contribution in [2.75, 3.05) is 18.6 Å². The fourth-order valence-electron chi connectivity index (χ4n) is 0.466. The molecule has 0 aromatic heterocycles. The molecular formula is C8H16OS. The fraction of sp³-hybridized carbons (Fsp3) is 0.750. The Labute approximate surface area is 67.8 Å². The predicted molar refractivity (Wildman–Crippen MR) is 48.6 cm³/mol. The van der Waals surface area contributed by atoms with Gasteiger partial charge in [0.2, 0.25) is 0 Å². The van der Waals surface area contributed by atoms with E-state index < -0.39 is 0 Å². The molecule has 0 rings (SSSR count). The Morgan fingerprint density at radius 2 is 2.30 bits per heavy atom. The molecule has 10 heavy (non-hydrogen) atoms. The molecule has 1 unspecified atom stereocenters. The van der Waals surface area contributed by atoms with Crippen LogP contribution < -0.4 is 0 Å². The number of ether oxygens (including phenoxy) is 1. The highest BCUT2D eigenvalue weighted by atomic mass is 32.2. The molecule has 0 spiro atoms. The highest BCUT2D eigenvalue weighted by Crippen LogP contribution is 2.04. The lowest BCUT2D eigenvalue weighted by Gasteiger charge is -2.06. The Hall–Kier alpha value is 0.0500. The zero-order valence-electron chi connectivity index (χ0n) is 6.96. The van der Waals surface area contributed by atoms with Gasteiger partial charge >= 0.3 is 0 Å². The van der Waals surface area contributed by atoms with E-state index in [0.717, 1.165) is 11.5 Å². The minimum absolute atomic E-state index is 0.384. The predicted octanol–water partition coefficient (Wildman–Crippen LogP) is 2.33. The number of rotatable bonds is 5. The van der Waals surface area contributed by atoms with E-state index in [1.165, 1.54) is 0 Å². The van der Waals surface area contributed by atoms with Gasteiger partial charge in [-0.15, -0.1) is 0 Å². The number of thioether (sulfide) groups is 1. The number of methoxy groups -OCH3 is 1. The number of hydrogen-bond acceptors (Lipinski definition) is 2. The van der Waals surface area contributed by atoms with Crippen LogP contribution in [0.25, 0.3) is 0 Å². The van der Waals surface area contributed by atoms with E-state index >= 15 is 0 Å². The Morgan fingerprint density at radius 1 is 1.60 bits per heavy atom. The summed E-state index contributed by atoms with van der Waals surface area (Å²) < 4.78 is 5.09. The van der Waals surface area contributed by atoms with Gasteiger partial charge in [0.15, 0.2) is 0 Å². The first kappa shape index (κ1) is 10.0. The first-order chi connectivity index (χ1) is 4.81. The molecule has 0 fully saturated rings. The van der Waals surface area contributed by atoms with E-state index in [1.54, 1.807) is 7.11 Å². The van der Waals surface area contributed by atoms with Gasteiger partial charge in [0, 0.05) is 18.6 Å². The van der Waals surface area contributed by atoms with Crippen LogP contribution in [0.5, 0.6) is 0 Å². The minimum Gasteiger partial charge on any atom is -0.381 e. The lowest BCUT2D eigenvalue weighted by molar-refractivity contribution is 0.138. The smallest absolute Gasteiger partial charge is 0.0633 e. The Kier molecular flexibility index (Phi) is 7.20. The van der Waals surface area contributed by atoms with Crippen LogP contribution in [-0.2, 0) is 4.74 Å². The molecule has 0 aliphatic rings. The van der Waals surface area contributed by atoms with Crippen LogP contribution in [-0.4, -0.2) is 24.7 Å². The average Bonchev–Trinajstić information content (AvgIpc) is 1.98. The molecule has 0 saturated heterocycles. The number of hydrogen-bond donors (Lipinski definition) is 0. The Balaban J connectivity index is 3.03. The third-order valence-electron chi connectivity index (χ3n) is 1.20. The zero-order valence-corrected chi connectivity index (χ0v) is 7.78. The second-order valence-corrected chi connectivity index (χ2v) is 3.23. The summed E-state index contributed by atoms with van der Waals surface area (Å²) in [7, 11) is 1.75. The maximum atomic E-state index is 5.09. The summed E-state index contributed by atoms with van der Waals surface area (Å²) in [6.07, 6.45) is 4.62. The van der Waals surface area contributed by atoms with Crippen molar-refractivity contribution in [2.24, 2.45) is 0 Å². The Morgan fingerprint density at radius 3 is 2.80 bits per heavy atom. The second-order valence-electron chi connectivity index (χ2n) is 2.15. The molecule has 2 heteroatoms. The minimum atomic E-state index is 0.384. The molecule has 0 aromatic carbocycles. The molecule has 0 heterocycles. The SMILES string of the molecule is C/C=C/CSCC(C)OC. The quantitative estimate of drug-likeness (QED) is 0.451. The topological polar surface area (TPSA) is 9.23 Å². The van der Waals surface area contributed by atoms with Crippen molar-refractivity contribution in [3.8, 4) is 0 Å². The van der Waals surface area contributed by atoms with E-state index in [0.29, 0.717) is 6.10 Å². The van der Waals surface area contributed by atoms with E-state index in [-0.39, 0.29) is 0 Å². The molecule has 0 aliphatic heterocycles. The van der Waals surface area contributed by atoms with Gasteiger partial charge < -0.3 is 4.74 Å². The van der Waals surface area contributed by atoms with Crippen molar-refractivity contribution in [2.45, 2.75) is 20.0 Å². The average molecular weight is 160 g/mol. The van der Waals surface area contributed by atoms with Crippen LogP contribution in [0.2, 0.25) is 0 Å². The van der Waals surface area contributed by atoms with Crippen LogP contribution in [0.15, 0.2) is 12.2 Å².